The lowest BCUT2D eigenvalue weighted by Crippen LogP contribution is -2.44. The second-order valence-corrected chi connectivity index (χ2v) is 6.80. The van der Waals surface area contributed by atoms with E-state index in [9.17, 15) is 4.79 Å². The monoisotopic (exact) mass is 334 g/mol. The lowest BCUT2D eigenvalue weighted by molar-refractivity contribution is -0.141. The van der Waals surface area contributed by atoms with Crippen LogP contribution in [0.2, 0.25) is 0 Å². The van der Waals surface area contributed by atoms with Crippen molar-refractivity contribution in [3.05, 3.63) is 24.3 Å². The highest BCUT2D eigenvalue weighted by atomic mass is 16.5. The summed E-state index contributed by atoms with van der Waals surface area (Å²) in [4.78, 5) is 14.7. The molecule has 134 valence electrons. The quantitative estimate of drug-likeness (QED) is 0.668. The van der Waals surface area contributed by atoms with Crippen molar-refractivity contribution in [2.45, 2.75) is 38.7 Å². The van der Waals surface area contributed by atoms with Gasteiger partial charge in [0.05, 0.1) is 6.61 Å². The Labute approximate surface area is 145 Å². The van der Waals surface area contributed by atoms with Gasteiger partial charge in [0.15, 0.2) is 0 Å². The van der Waals surface area contributed by atoms with Gasteiger partial charge in [-0.3, -0.25) is 4.79 Å². The van der Waals surface area contributed by atoms with Crippen molar-refractivity contribution in [2.75, 3.05) is 39.2 Å². The number of nitrogens with one attached hydrogen (secondary N) is 1. The number of amides is 1. The second kappa shape index (κ2) is 8.49. The summed E-state index contributed by atoms with van der Waals surface area (Å²) < 4.78 is 11.5. The summed E-state index contributed by atoms with van der Waals surface area (Å²) in [7, 11) is 4.10. The van der Waals surface area contributed by atoms with Gasteiger partial charge >= 0.3 is 0 Å². The number of benzene rings is 1. The summed E-state index contributed by atoms with van der Waals surface area (Å²) >= 11 is 0. The summed E-state index contributed by atoms with van der Waals surface area (Å²) in [5.74, 6) is 1.09. The highest BCUT2D eigenvalue weighted by molar-refractivity contribution is 5.97. The average molecular weight is 334 g/mol. The van der Waals surface area contributed by atoms with E-state index in [4.69, 9.17) is 9.47 Å². The van der Waals surface area contributed by atoms with E-state index >= 15 is 0 Å². The van der Waals surface area contributed by atoms with Crippen LogP contribution in [-0.4, -0.2) is 50.3 Å². The molecule has 5 nitrogen and oxygen atoms in total. The maximum Gasteiger partial charge on any atom is 0.256 e. The van der Waals surface area contributed by atoms with Crippen LogP contribution in [0.15, 0.2) is 24.3 Å². The number of carbonyl (C=O) groups excluding carboxylic acids is 1. The standard InChI is InChI=1S/C19H30N2O3/c1-5-24-19(2,15-7-8-15)18(22)20-16-9-11-17(12-10-16)23-14-6-13-21(3)4/h9-12,15H,5-8,13-14H2,1-4H3,(H,20,22). The van der Waals surface area contributed by atoms with Gasteiger partial charge < -0.3 is 19.7 Å². The van der Waals surface area contributed by atoms with Gasteiger partial charge in [-0.1, -0.05) is 0 Å². The minimum absolute atomic E-state index is 0.0634. The number of rotatable bonds is 10. The van der Waals surface area contributed by atoms with Crippen molar-refractivity contribution in [3.8, 4) is 5.75 Å². The van der Waals surface area contributed by atoms with Crippen LogP contribution in [0.25, 0.3) is 0 Å². The van der Waals surface area contributed by atoms with Gasteiger partial charge in [0.1, 0.15) is 11.4 Å². The smallest absolute Gasteiger partial charge is 0.256 e. The first-order valence-electron chi connectivity index (χ1n) is 8.78. The molecule has 5 heteroatoms. The van der Waals surface area contributed by atoms with E-state index in [-0.39, 0.29) is 5.91 Å². The van der Waals surface area contributed by atoms with Crippen molar-refractivity contribution in [2.24, 2.45) is 5.92 Å². The van der Waals surface area contributed by atoms with E-state index in [0.717, 1.165) is 37.2 Å². The minimum Gasteiger partial charge on any atom is -0.494 e. The summed E-state index contributed by atoms with van der Waals surface area (Å²) in [5, 5.41) is 2.97. The molecule has 1 saturated carbocycles. The van der Waals surface area contributed by atoms with Crippen LogP contribution in [0.4, 0.5) is 5.69 Å². The van der Waals surface area contributed by atoms with E-state index in [1.807, 2.05) is 38.1 Å². The minimum atomic E-state index is -0.726. The SMILES string of the molecule is CCOC(C)(C(=O)Nc1ccc(OCCCN(C)C)cc1)C1CC1. The molecule has 0 spiro atoms. The van der Waals surface area contributed by atoms with Crippen molar-refractivity contribution >= 4 is 11.6 Å². The predicted molar refractivity (Wildman–Crippen MR) is 96.5 cm³/mol. The lowest BCUT2D eigenvalue weighted by atomic mass is 9.99. The van der Waals surface area contributed by atoms with Crippen LogP contribution in [0.1, 0.15) is 33.1 Å². The molecule has 0 aliphatic heterocycles. The van der Waals surface area contributed by atoms with E-state index in [0.29, 0.717) is 19.1 Å². The Morgan fingerprint density at radius 1 is 1.29 bits per heavy atom. The fraction of sp³-hybridized carbons (Fsp3) is 0.632. The number of anilines is 1. The first-order valence-corrected chi connectivity index (χ1v) is 8.78. The largest absolute Gasteiger partial charge is 0.494 e. The third kappa shape index (κ3) is 5.21. The van der Waals surface area contributed by atoms with Crippen molar-refractivity contribution in [1.82, 2.24) is 4.90 Å². The molecule has 1 unspecified atom stereocenters. The maximum atomic E-state index is 12.6. The Hall–Kier alpha value is -1.59. The Morgan fingerprint density at radius 2 is 1.96 bits per heavy atom. The molecule has 0 radical (unpaired) electrons. The average Bonchev–Trinajstić information content (AvgIpc) is 3.38. The number of carbonyl (C=O) groups is 1. The van der Waals surface area contributed by atoms with Gasteiger partial charge in [0.2, 0.25) is 0 Å². The van der Waals surface area contributed by atoms with Crippen molar-refractivity contribution in [3.63, 3.8) is 0 Å². The molecule has 0 bridgehead atoms. The molecule has 1 N–H and O–H groups in total. The molecule has 0 aromatic heterocycles. The Balaban J connectivity index is 1.85. The number of hydrogen-bond acceptors (Lipinski definition) is 4. The Morgan fingerprint density at radius 3 is 2.50 bits per heavy atom. The lowest BCUT2D eigenvalue weighted by Gasteiger charge is -2.28. The fourth-order valence-electron chi connectivity index (χ4n) is 2.76. The highest BCUT2D eigenvalue weighted by Crippen LogP contribution is 2.42. The summed E-state index contributed by atoms with van der Waals surface area (Å²) in [6, 6.07) is 7.53. The van der Waals surface area contributed by atoms with Crippen LogP contribution >= 0.6 is 0 Å². The zero-order chi connectivity index (χ0) is 17.6. The molecule has 1 aromatic rings. The van der Waals surface area contributed by atoms with Crippen LogP contribution in [-0.2, 0) is 9.53 Å². The van der Waals surface area contributed by atoms with Crippen LogP contribution < -0.4 is 10.1 Å². The molecule has 1 aromatic carbocycles. The van der Waals surface area contributed by atoms with Crippen LogP contribution in [0, 0.1) is 5.92 Å². The molecular formula is C19H30N2O3. The first-order chi connectivity index (χ1) is 11.5. The second-order valence-electron chi connectivity index (χ2n) is 6.80. The Bertz CT molecular complexity index is 526. The zero-order valence-corrected chi connectivity index (χ0v) is 15.3. The van der Waals surface area contributed by atoms with Crippen LogP contribution in [0.5, 0.6) is 5.75 Å². The molecule has 1 amide bonds. The van der Waals surface area contributed by atoms with Gasteiger partial charge in [-0.15, -0.1) is 0 Å². The molecular weight excluding hydrogens is 304 g/mol. The zero-order valence-electron chi connectivity index (χ0n) is 15.3. The van der Waals surface area contributed by atoms with Crippen molar-refractivity contribution in [1.29, 1.82) is 0 Å². The van der Waals surface area contributed by atoms with E-state index in [1.165, 1.54) is 0 Å². The third-order valence-electron chi connectivity index (χ3n) is 4.38. The van der Waals surface area contributed by atoms with E-state index < -0.39 is 5.60 Å². The topological polar surface area (TPSA) is 50.8 Å². The molecule has 2 rings (SSSR count). The molecule has 0 saturated heterocycles. The normalized spacial score (nSPS) is 16.7. The summed E-state index contributed by atoms with van der Waals surface area (Å²) in [6.45, 7) is 6.06. The first kappa shape index (κ1) is 18.7. The fourth-order valence-corrected chi connectivity index (χ4v) is 2.76. The molecule has 1 atom stereocenters. The van der Waals surface area contributed by atoms with Crippen LogP contribution in [0.3, 0.4) is 0 Å². The summed E-state index contributed by atoms with van der Waals surface area (Å²) in [6.07, 6.45) is 3.10. The molecule has 1 fully saturated rings. The van der Waals surface area contributed by atoms with Gasteiger partial charge in [-0.2, -0.15) is 0 Å². The van der Waals surface area contributed by atoms with Crippen molar-refractivity contribution < 1.29 is 14.3 Å². The third-order valence-corrected chi connectivity index (χ3v) is 4.38. The van der Waals surface area contributed by atoms with E-state index in [2.05, 4.69) is 24.3 Å². The highest BCUT2D eigenvalue weighted by Gasteiger charge is 2.48. The molecule has 0 heterocycles. The number of hydrogen-bond donors (Lipinski definition) is 1. The van der Waals surface area contributed by atoms with Gasteiger partial charge in [0, 0.05) is 18.8 Å². The summed E-state index contributed by atoms with van der Waals surface area (Å²) in [5.41, 5.74) is 0.0445. The maximum absolute atomic E-state index is 12.6. The van der Waals surface area contributed by atoms with Gasteiger partial charge in [0.25, 0.3) is 5.91 Å². The van der Waals surface area contributed by atoms with E-state index in [1.54, 1.807) is 0 Å². The van der Waals surface area contributed by atoms with Gasteiger partial charge in [-0.05, 0) is 77.4 Å². The number of nitrogens with zero attached hydrogens (tertiary/aromatic N) is 1. The molecule has 1 aliphatic rings. The predicted octanol–water partition coefficient (Wildman–Crippen LogP) is 3.16. The van der Waals surface area contributed by atoms with Gasteiger partial charge in [-0.25, -0.2) is 0 Å². The number of ether oxygens (including phenoxy) is 2. The Kier molecular flexibility index (Phi) is 6.63. The molecule has 24 heavy (non-hydrogen) atoms. The molecule has 1 aliphatic carbocycles.